The van der Waals surface area contributed by atoms with Crippen LogP contribution in [0.5, 0.6) is 0 Å². The van der Waals surface area contributed by atoms with E-state index in [1.807, 2.05) is 0 Å². The SMILES string of the molecule is O=P(O)(O)F.O=P(O)(O)F.O=P(O)(O)F.O=P(O)(O)F.O=P(O)(O)F.P. The van der Waals surface area contributed by atoms with Crippen molar-refractivity contribution in [2.45, 2.75) is 0 Å². The maximum Gasteiger partial charge on any atom is 0.507 e. The maximum absolute atomic E-state index is 10.4. The summed E-state index contributed by atoms with van der Waals surface area (Å²) in [6, 6.07) is 0. The minimum atomic E-state index is -5.14. The van der Waals surface area contributed by atoms with Crippen LogP contribution in [0.15, 0.2) is 0 Å². The second-order valence-electron chi connectivity index (χ2n) is 2.36. The summed E-state index contributed by atoms with van der Waals surface area (Å²) in [6.45, 7) is 0. The van der Waals surface area contributed by atoms with E-state index in [2.05, 4.69) is 0 Å². The first-order valence-corrected chi connectivity index (χ1v) is 11.3. The fraction of sp³-hybridized carbons (Fsp3) is 0. The average molecular weight is 534 g/mol. The van der Waals surface area contributed by atoms with E-state index in [1.165, 1.54) is 0 Å². The molecule has 0 saturated carbocycles. The van der Waals surface area contributed by atoms with Gasteiger partial charge >= 0.3 is 39.5 Å². The minimum Gasteiger partial charge on any atom is -0.299 e. The van der Waals surface area contributed by atoms with Crippen molar-refractivity contribution >= 4 is 49.4 Å². The van der Waals surface area contributed by atoms with Crippen LogP contribution in [0.2, 0.25) is 0 Å². The van der Waals surface area contributed by atoms with Crippen molar-refractivity contribution in [3.8, 4) is 0 Å². The second-order valence-corrected chi connectivity index (χ2v) is 7.09. The molecular formula is H13F5O15P6. The van der Waals surface area contributed by atoms with Crippen molar-refractivity contribution < 1.29 is 92.7 Å². The Balaban J connectivity index is -0.0000000476. The zero-order valence-electron chi connectivity index (χ0n) is 11.3. The van der Waals surface area contributed by atoms with Crippen molar-refractivity contribution in [2.24, 2.45) is 0 Å². The first-order valence-electron chi connectivity index (χ1n) is 3.76. The molecule has 0 saturated heterocycles. The quantitative estimate of drug-likeness (QED) is 0.148. The van der Waals surface area contributed by atoms with Gasteiger partial charge in [-0.05, 0) is 0 Å². The van der Waals surface area contributed by atoms with Gasteiger partial charge in [-0.2, -0.15) is 9.90 Å². The second kappa shape index (κ2) is 16.8. The van der Waals surface area contributed by atoms with Crippen molar-refractivity contribution in [3.63, 3.8) is 0 Å². The van der Waals surface area contributed by atoms with Crippen LogP contribution in [0.25, 0.3) is 0 Å². The van der Waals surface area contributed by atoms with E-state index in [4.69, 9.17) is 71.8 Å². The summed E-state index contributed by atoms with van der Waals surface area (Å²) < 4.78 is 95.1. The summed E-state index contributed by atoms with van der Waals surface area (Å²) in [5.41, 5.74) is 0. The molecule has 26 heteroatoms. The Bertz CT molecular complexity index is 383. The van der Waals surface area contributed by atoms with Crippen LogP contribution in [0.1, 0.15) is 0 Å². The lowest BCUT2D eigenvalue weighted by atomic mass is 15.8. The first-order chi connectivity index (χ1) is 10.0. The zero-order chi connectivity index (χ0) is 22.5. The summed E-state index contributed by atoms with van der Waals surface area (Å²) in [7, 11) is -25.7. The molecule has 0 aliphatic heterocycles. The van der Waals surface area contributed by atoms with E-state index in [9.17, 15) is 21.0 Å². The van der Waals surface area contributed by atoms with Crippen LogP contribution in [0, 0.1) is 0 Å². The highest BCUT2D eigenvalue weighted by molar-refractivity contribution is 7.46. The van der Waals surface area contributed by atoms with Gasteiger partial charge in [0.1, 0.15) is 0 Å². The highest BCUT2D eigenvalue weighted by Gasteiger charge is 2.06. The van der Waals surface area contributed by atoms with E-state index in [1.54, 1.807) is 0 Å². The predicted molar refractivity (Wildman–Crippen MR) is 76.9 cm³/mol. The Morgan fingerprint density at radius 3 is 0.346 bits per heavy atom. The third-order valence-electron chi connectivity index (χ3n) is 0. The smallest absolute Gasteiger partial charge is 0.299 e. The van der Waals surface area contributed by atoms with Gasteiger partial charge in [0, 0.05) is 0 Å². The van der Waals surface area contributed by atoms with E-state index >= 15 is 0 Å². The Kier molecular flexibility index (Phi) is 26.6. The molecule has 0 aliphatic carbocycles. The van der Waals surface area contributed by atoms with Crippen molar-refractivity contribution in [1.29, 1.82) is 0 Å². The van der Waals surface area contributed by atoms with E-state index < -0.39 is 39.5 Å². The molecule has 15 nitrogen and oxygen atoms in total. The summed E-state index contributed by atoms with van der Waals surface area (Å²) in [5, 5.41) is 0. The van der Waals surface area contributed by atoms with Gasteiger partial charge in [0.2, 0.25) is 0 Å². The lowest BCUT2D eigenvalue weighted by Crippen LogP contribution is -1.56. The summed E-state index contributed by atoms with van der Waals surface area (Å²) in [6.07, 6.45) is 0. The van der Waals surface area contributed by atoms with Crippen LogP contribution in [-0.4, -0.2) is 48.9 Å². The van der Waals surface area contributed by atoms with Gasteiger partial charge in [-0.3, -0.25) is 48.9 Å². The summed E-state index contributed by atoms with van der Waals surface area (Å²) in [4.78, 5) is 69.7. The Morgan fingerprint density at radius 2 is 0.346 bits per heavy atom. The topological polar surface area (TPSA) is 288 Å². The number of rotatable bonds is 0. The Hall–Kier alpha value is 0.830. The van der Waals surface area contributed by atoms with Gasteiger partial charge in [-0.15, -0.1) is 21.0 Å². The average Bonchev–Trinajstić information content (AvgIpc) is 1.79. The van der Waals surface area contributed by atoms with Crippen molar-refractivity contribution in [3.05, 3.63) is 0 Å². The molecule has 0 rings (SSSR count). The summed E-state index contributed by atoms with van der Waals surface area (Å²) in [5.74, 6) is 0. The molecule has 0 radical (unpaired) electrons. The van der Waals surface area contributed by atoms with E-state index in [-0.39, 0.29) is 9.90 Å². The third kappa shape index (κ3) is 20500. The molecule has 0 aromatic rings. The van der Waals surface area contributed by atoms with Crippen LogP contribution < -0.4 is 0 Å². The third-order valence-corrected chi connectivity index (χ3v) is 0. The van der Waals surface area contributed by atoms with Crippen LogP contribution in [0.4, 0.5) is 21.0 Å². The minimum absolute atomic E-state index is 0. The first kappa shape index (κ1) is 41.3. The molecule has 1 atom stereocenters. The van der Waals surface area contributed by atoms with Crippen molar-refractivity contribution in [2.75, 3.05) is 0 Å². The fourth-order valence-electron chi connectivity index (χ4n) is 0. The molecule has 0 fully saturated rings. The van der Waals surface area contributed by atoms with Crippen LogP contribution in [-0.2, 0) is 22.8 Å². The standard InChI is InChI=1S/5FH2O3P.H3P/c5*1-5(2,3)4;/h5*(H2,2,3,4);1H3. The largest absolute Gasteiger partial charge is 0.507 e. The molecule has 0 aromatic carbocycles. The van der Waals surface area contributed by atoms with Crippen molar-refractivity contribution in [1.82, 2.24) is 0 Å². The highest BCUT2D eigenvalue weighted by Crippen LogP contribution is 2.36. The number of hydrogen-bond acceptors (Lipinski definition) is 5. The maximum atomic E-state index is 10.4. The molecule has 0 heterocycles. The van der Waals surface area contributed by atoms with Crippen LogP contribution >= 0.6 is 49.4 Å². The molecule has 168 valence electrons. The molecule has 1 unspecified atom stereocenters. The Labute approximate surface area is 143 Å². The monoisotopic (exact) mass is 534 g/mol. The normalized spacial score (nSPS) is 11.3. The van der Waals surface area contributed by atoms with E-state index in [0.717, 1.165) is 0 Å². The van der Waals surface area contributed by atoms with Crippen LogP contribution in [0.3, 0.4) is 0 Å². The molecule has 0 aromatic heterocycles. The van der Waals surface area contributed by atoms with E-state index in [0.29, 0.717) is 0 Å². The molecular weight excluding hydrogens is 521 g/mol. The highest BCUT2D eigenvalue weighted by atomic mass is 31.2. The fourth-order valence-corrected chi connectivity index (χ4v) is 0. The predicted octanol–water partition coefficient (Wildman–Crippen LogP) is 0.301. The Morgan fingerprint density at radius 1 is 0.346 bits per heavy atom. The molecule has 0 aliphatic rings. The van der Waals surface area contributed by atoms with Gasteiger partial charge in [0.05, 0.1) is 0 Å². The molecule has 26 heavy (non-hydrogen) atoms. The zero-order valence-corrected chi connectivity index (χ0v) is 17.2. The lowest BCUT2D eigenvalue weighted by molar-refractivity contribution is 0.320. The molecule has 10 N–H and O–H groups in total. The van der Waals surface area contributed by atoms with Gasteiger partial charge in [-0.25, -0.2) is 22.8 Å². The molecule has 0 spiro atoms. The number of halogens is 5. The summed E-state index contributed by atoms with van der Waals surface area (Å²) >= 11 is 0. The van der Waals surface area contributed by atoms with Gasteiger partial charge in [0.15, 0.2) is 0 Å². The molecule has 0 bridgehead atoms. The van der Waals surface area contributed by atoms with Gasteiger partial charge in [-0.1, -0.05) is 0 Å². The van der Waals surface area contributed by atoms with Gasteiger partial charge < -0.3 is 0 Å². The molecule has 0 amide bonds. The van der Waals surface area contributed by atoms with Gasteiger partial charge in [0.25, 0.3) is 0 Å². The number of hydrogen-bond donors (Lipinski definition) is 10. The lowest BCUT2D eigenvalue weighted by Gasteiger charge is -1.78.